The molecule has 0 amide bonds. The van der Waals surface area contributed by atoms with E-state index >= 15 is 0 Å². The van der Waals surface area contributed by atoms with Gasteiger partial charge >= 0.3 is 12.3 Å². The lowest BCUT2D eigenvalue weighted by Gasteiger charge is -2.12. The van der Waals surface area contributed by atoms with Gasteiger partial charge in [-0.05, 0) is 23.6 Å². The first-order valence-corrected chi connectivity index (χ1v) is 9.14. The monoisotopic (exact) mass is 424 g/mol. The van der Waals surface area contributed by atoms with E-state index in [1.165, 1.54) is 18.2 Å². The number of aromatic nitrogens is 2. The summed E-state index contributed by atoms with van der Waals surface area (Å²) >= 11 is 1.55. The highest BCUT2D eigenvalue weighted by atomic mass is 32.1. The normalized spacial score (nSPS) is 11.1. The molecule has 29 heavy (non-hydrogen) atoms. The van der Waals surface area contributed by atoms with E-state index < -0.39 is 18.9 Å². The first-order chi connectivity index (χ1) is 13.8. The minimum atomic E-state index is -4.81. The third-order valence-electron chi connectivity index (χ3n) is 3.51. The van der Waals surface area contributed by atoms with Gasteiger partial charge in [-0.1, -0.05) is 18.2 Å². The zero-order valence-electron chi connectivity index (χ0n) is 14.7. The van der Waals surface area contributed by atoms with Crippen LogP contribution in [-0.2, 0) is 11.3 Å². The molecule has 2 aromatic heterocycles. The fourth-order valence-electron chi connectivity index (χ4n) is 2.36. The number of carboxylic acids is 1. The Morgan fingerprint density at radius 2 is 1.97 bits per heavy atom. The second-order valence-corrected chi connectivity index (χ2v) is 6.75. The van der Waals surface area contributed by atoms with Crippen LogP contribution in [0.15, 0.2) is 47.8 Å². The number of hydrogen-bond donors (Lipinski definition) is 3. The third-order valence-corrected chi connectivity index (χ3v) is 4.39. The Morgan fingerprint density at radius 3 is 2.66 bits per heavy atom. The van der Waals surface area contributed by atoms with Crippen LogP contribution in [0.1, 0.15) is 4.88 Å². The first-order valence-electron chi connectivity index (χ1n) is 8.26. The molecule has 11 heteroatoms. The van der Waals surface area contributed by atoms with Crippen LogP contribution >= 0.6 is 11.3 Å². The van der Waals surface area contributed by atoms with Crippen molar-refractivity contribution in [3.63, 3.8) is 0 Å². The predicted octanol–water partition coefficient (Wildman–Crippen LogP) is 4.21. The number of ether oxygens (including phenoxy) is 1. The van der Waals surface area contributed by atoms with Crippen LogP contribution in [-0.4, -0.2) is 34.0 Å². The highest BCUT2D eigenvalue weighted by Gasteiger charge is 2.31. The molecule has 0 radical (unpaired) electrons. The number of nitrogens with one attached hydrogen (secondary N) is 2. The Hall–Kier alpha value is -3.34. The molecule has 3 rings (SSSR count). The lowest BCUT2D eigenvalue weighted by Crippen LogP contribution is -2.17. The fraction of sp³-hybridized carbons (Fsp3) is 0.167. The van der Waals surface area contributed by atoms with Gasteiger partial charge in [0, 0.05) is 16.5 Å². The average molecular weight is 424 g/mol. The zero-order chi connectivity index (χ0) is 20.9. The van der Waals surface area contributed by atoms with Crippen LogP contribution in [0.2, 0.25) is 0 Å². The van der Waals surface area contributed by atoms with Crippen molar-refractivity contribution in [2.45, 2.75) is 12.9 Å². The summed E-state index contributed by atoms with van der Waals surface area (Å²) in [4.78, 5) is 20.3. The predicted molar refractivity (Wildman–Crippen MR) is 102 cm³/mol. The van der Waals surface area contributed by atoms with Gasteiger partial charge in [0.15, 0.2) is 0 Å². The van der Waals surface area contributed by atoms with Crippen molar-refractivity contribution >= 4 is 29.1 Å². The van der Waals surface area contributed by atoms with Gasteiger partial charge in [-0.2, -0.15) is 4.98 Å². The lowest BCUT2D eigenvalue weighted by atomic mass is 10.1. The number of rotatable bonds is 8. The molecule has 0 aliphatic carbocycles. The summed E-state index contributed by atoms with van der Waals surface area (Å²) in [6.07, 6.45) is -4.81. The van der Waals surface area contributed by atoms with E-state index in [0.717, 1.165) is 4.88 Å². The summed E-state index contributed by atoms with van der Waals surface area (Å²) in [7, 11) is 0. The van der Waals surface area contributed by atoms with Crippen molar-refractivity contribution in [2.24, 2.45) is 0 Å². The zero-order valence-corrected chi connectivity index (χ0v) is 15.5. The van der Waals surface area contributed by atoms with Gasteiger partial charge in [0.25, 0.3) is 0 Å². The Morgan fingerprint density at radius 1 is 1.14 bits per heavy atom. The molecule has 0 saturated carbocycles. The van der Waals surface area contributed by atoms with Crippen molar-refractivity contribution in [2.75, 3.05) is 17.2 Å². The summed E-state index contributed by atoms with van der Waals surface area (Å²) < 4.78 is 41.4. The molecule has 3 N–H and O–H groups in total. The van der Waals surface area contributed by atoms with Crippen molar-refractivity contribution in [1.29, 1.82) is 0 Å². The Bertz CT molecular complexity index is 981. The van der Waals surface area contributed by atoms with Gasteiger partial charge in [-0.25, -0.2) is 4.98 Å². The largest absolute Gasteiger partial charge is 0.573 e. The topological polar surface area (TPSA) is 96.4 Å². The van der Waals surface area contributed by atoms with Gasteiger partial charge in [0.1, 0.15) is 18.1 Å². The smallest absolute Gasteiger partial charge is 0.480 e. The molecule has 7 nitrogen and oxygen atoms in total. The van der Waals surface area contributed by atoms with Gasteiger partial charge < -0.3 is 20.5 Å². The highest BCUT2D eigenvalue weighted by Crippen LogP contribution is 2.28. The third kappa shape index (κ3) is 6.35. The molecule has 0 atom stereocenters. The first kappa shape index (κ1) is 20.4. The number of thiophene rings is 1. The van der Waals surface area contributed by atoms with Crippen LogP contribution in [0, 0.1) is 0 Å². The number of carbonyl (C=O) groups is 1. The fourth-order valence-corrected chi connectivity index (χ4v) is 3.01. The van der Waals surface area contributed by atoms with Crippen molar-refractivity contribution in [3.05, 3.63) is 52.7 Å². The van der Waals surface area contributed by atoms with Crippen LogP contribution in [0.4, 0.5) is 24.9 Å². The number of benzene rings is 1. The second-order valence-electron chi connectivity index (χ2n) is 5.72. The van der Waals surface area contributed by atoms with E-state index in [1.807, 2.05) is 17.5 Å². The highest BCUT2D eigenvalue weighted by molar-refractivity contribution is 7.09. The number of aliphatic carboxylic acids is 1. The summed E-state index contributed by atoms with van der Waals surface area (Å²) in [5, 5.41) is 16.4. The van der Waals surface area contributed by atoms with Crippen LogP contribution in [0.25, 0.3) is 11.3 Å². The van der Waals surface area contributed by atoms with E-state index in [9.17, 15) is 18.0 Å². The number of anilines is 2. The molecule has 0 unspecified atom stereocenters. The molecule has 2 heterocycles. The van der Waals surface area contributed by atoms with Gasteiger partial charge in [0.05, 0.1) is 12.2 Å². The van der Waals surface area contributed by atoms with Crippen LogP contribution in [0.5, 0.6) is 5.75 Å². The number of nitrogens with zero attached hydrogens (tertiary/aromatic N) is 2. The van der Waals surface area contributed by atoms with E-state index in [0.29, 0.717) is 23.6 Å². The number of carboxylic acid groups (broad SMARTS) is 1. The quantitative estimate of drug-likeness (QED) is 0.498. The summed E-state index contributed by atoms with van der Waals surface area (Å²) in [5.74, 6) is -1.08. The van der Waals surface area contributed by atoms with Crippen molar-refractivity contribution in [1.82, 2.24) is 9.97 Å². The van der Waals surface area contributed by atoms with Crippen molar-refractivity contribution < 1.29 is 27.8 Å². The lowest BCUT2D eigenvalue weighted by molar-refractivity contribution is -0.274. The molecular weight excluding hydrogens is 409 g/mol. The van der Waals surface area contributed by atoms with E-state index in [1.54, 1.807) is 23.5 Å². The molecule has 0 spiro atoms. The Labute approximate surface area is 167 Å². The molecule has 0 aliphatic rings. The molecule has 152 valence electrons. The van der Waals surface area contributed by atoms with E-state index in [2.05, 4.69) is 25.3 Å². The Balaban J connectivity index is 1.89. The van der Waals surface area contributed by atoms with Crippen LogP contribution < -0.4 is 15.4 Å². The summed E-state index contributed by atoms with van der Waals surface area (Å²) in [5.41, 5.74) is 0.654. The average Bonchev–Trinajstić information content (AvgIpc) is 3.17. The molecule has 0 bridgehead atoms. The minimum Gasteiger partial charge on any atom is -0.480 e. The molecule has 3 aromatic rings. The van der Waals surface area contributed by atoms with Crippen LogP contribution in [0.3, 0.4) is 0 Å². The maximum atomic E-state index is 12.5. The molecular formula is C18H15F3N4O3S. The maximum absolute atomic E-state index is 12.5. The molecule has 0 fully saturated rings. The SMILES string of the molecule is O=C(O)CNc1nc(NCc2cccs2)cc(-c2cccc(OC(F)(F)F)c2)n1. The molecule has 1 aromatic carbocycles. The van der Waals surface area contributed by atoms with Gasteiger partial charge in [0.2, 0.25) is 5.95 Å². The van der Waals surface area contributed by atoms with Gasteiger partial charge in [-0.3, -0.25) is 4.79 Å². The molecule has 0 saturated heterocycles. The van der Waals surface area contributed by atoms with Crippen molar-refractivity contribution in [3.8, 4) is 17.0 Å². The second kappa shape index (κ2) is 8.78. The number of hydrogen-bond acceptors (Lipinski definition) is 7. The Kier molecular flexibility index (Phi) is 6.17. The van der Waals surface area contributed by atoms with E-state index in [4.69, 9.17) is 5.11 Å². The number of halogens is 3. The van der Waals surface area contributed by atoms with Gasteiger partial charge in [-0.15, -0.1) is 24.5 Å². The summed E-state index contributed by atoms with van der Waals surface area (Å²) in [6.45, 7) is 0.0642. The van der Waals surface area contributed by atoms with E-state index in [-0.39, 0.29) is 11.7 Å². The summed E-state index contributed by atoms with van der Waals surface area (Å²) in [6, 6.07) is 10.7. The standard InChI is InChI=1S/C18H15F3N4O3S/c19-18(20,21)28-12-4-1-3-11(7-12)14-8-15(22-9-13-5-2-6-29-13)25-17(24-14)23-10-16(26)27/h1-8H,9-10H2,(H,26,27)(H2,22,23,24,25). The maximum Gasteiger partial charge on any atom is 0.573 e. The molecule has 0 aliphatic heterocycles. The number of alkyl halides is 3. The minimum absolute atomic E-state index is 0.0284.